The monoisotopic (exact) mass is 265 g/mol. The van der Waals surface area contributed by atoms with Gasteiger partial charge in [0.1, 0.15) is 0 Å². The fraction of sp³-hybridized carbons (Fsp3) is 0.615. The van der Waals surface area contributed by atoms with Gasteiger partial charge >= 0.3 is 0 Å². The summed E-state index contributed by atoms with van der Waals surface area (Å²) in [7, 11) is 0. The molecular weight excluding hydrogens is 237 g/mol. The van der Waals surface area contributed by atoms with E-state index in [-0.39, 0.29) is 11.1 Å². The topological polar surface area (TPSA) is 54.5 Å². The molecule has 1 aliphatic heterocycles. The van der Waals surface area contributed by atoms with Crippen LogP contribution in [-0.2, 0) is 14.4 Å². The van der Waals surface area contributed by atoms with E-state index in [1.54, 1.807) is 0 Å². The molecule has 0 aliphatic carbocycles. The summed E-state index contributed by atoms with van der Waals surface area (Å²) in [4.78, 5) is 35.0. The largest absolute Gasteiger partial charge is 0.291 e. The van der Waals surface area contributed by atoms with Gasteiger partial charge in [0.2, 0.25) is 17.6 Å². The molecule has 0 unspecified atom stereocenters. The lowest BCUT2D eigenvalue weighted by molar-refractivity contribution is -0.143. The second kappa shape index (κ2) is 7.03. The lowest BCUT2D eigenvalue weighted by atomic mass is 10.1. The lowest BCUT2D eigenvalue weighted by Crippen LogP contribution is -2.37. The SMILES string of the molecule is [2H]C([2H])(C)C([2H])([2H])C([2H])([2H])C([2H])([2H])C([2H])([2H])CC(=O)N1C=C(F)C(=O)CC1=O. The number of nitrogens with zero attached hydrogens (tertiary/aromatic N) is 1. The number of carbonyl (C=O) groups excluding carboxylic acids is 3. The Morgan fingerprint density at radius 2 is 2.06 bits per heavy atom. The fourth-order valence-electron chi connectivity index (χ4n) is 1.12. The first kappa shape index (κ1) is 5.63. The minimum Gasteiger partial charge on any atom is -0.291 e. The molecule has 0 aromatic carbocycles. The quantitative estimate of drug-likeness (QED) is 0.693. The van der Waals surface area contributed by atoms with Crippen molar-refractivity contribution in [2.75, 3.05) is 0 Å². The Balaban J connectivity index is 3.25. The van der Waals surface area contributed by atoms with Crippen molar-refractivity contribution in [1.82, 2.24) is 4.90 Å². The summed E-state index contributed by atoms with van der Waals surface area (Å²) in [5.74, 6) is -5.29. The Morgan fingerprint density at radius 1 is 1.39 bits per heavy atom. The van der Waals surface area contributed by atoms with Crippen LogP contribution in [0.25, 0.3) is 0 Å². The van der Waals surface area contributed by atoms with Crippen molar-refractivity contribution in [2.45, 2.75) is 51.6 Å². The molecule has 1 aliphatic rings. The number of ketones is 1. The number of halogens is 1. The van der Waals surface area contributed by atoms with E-state index in [1.807, 2.05) is 0 Å². The molecule has 2 amide bonds. The summed E-state index contributed by atoms with van der Waals surface area (Å²) < 4.78 is 90.2. The molecule has 0 radical (unpaired) electrons. The molecule has 0 aromatic heterocycles. The third kappa shape index (κ3) is 4.05. The first-order valence-corrected chi connectivity index (χ1v) is 4.96. The zero-order chi connectivity index (χ0) is 22.5. The molecule has 0 saturated carbocycles. The molecule has 0 bridgehead atoms. The van der Waals surface area contributed by atoms with Crippen molar-refractivity contribution < 1.29 is 32.5 Å². The van der Waals surface area contributed by atoms with E-state index in [0.717, 1.165) is 0 Å². The van der Waals surface area contributed by atoms with Crippen LogP contribution in [0.1, 0.15) is 65.3 Å². The molecule has 0 N–H and O–H groups in total. The Morgan fingerprint density at radius 3 is 2.72 bits per heavy atom. The molecule has 18 heavy (non-hydrogen) atoms. The fourth-order valence-corrected chi connectivity index (χ4v) is 1.12. The van der Waals surface area contributed by atoms with Gasteiger partial charge in [0.25, 0.3) is 0 Å². The molecule has 1 rings (SSSR count). The maximum absolute atomic E-state index is 13.4. The van der Waals surface area contributed by atoms with Crippen molar-refractivity contribution in [2.24, 2.45) is 0 Å². The van der Waals surface area contributed by atoms with Gasteiger partial charge in [0, 0.05) is 20.1 Å². The number of carbonyl (C=O) groups is 3. The minimum atomic E-state index is -3.76. The van der Waals surface area contributed by atoms with Gasteiger partial charge in [0.15, 0.2) is 5.83 Å². The summed E-state index contributed by atoms with van der Waals surface area (Å²) in [6.07, 6.45) is -19.6. The number of rotatable bonds is 6. The van der Waals surface area contributed by atoms with Crippen LogP contribution >= 0.6 is 0 Å². The van der Waals surface area contributed by atoms with E-state index in [0.29, 0.717) is 6.92 Å². The Labute approximate surface area is 120 Å². The Bertz CT molecular complexity index is 729. The Hall–Kier alpha value is -1.52. The average molecular weight is 265 g/mol. The Kier molecular flexibility index (Phi) is 2.20. The molecule has 5 heteroatoms. The molecule has 1 heterocycles. The van der Waals surface area contributed by atoms with E-state index in [1.165, 1.54) is 0 Å². The third-order valence-electron chi connectivity index (χ3n) is 1.94. The van der Waals surface area contributed by atoms with Crippen molar-refractivity contribution in [1.29, 1.82) is 0 Å². The van der Waals surface area contributed by atoms with Crippen LogP contribution < -0.4 is 0 Å². The van der Waals surface area contributed by atoms with Crippen LogP contribution in [0.2, 0.25) is 0 Å². The summed E-state index contributed by atoms with van der Waals surface area (Å²) >= 11 is 0. The van der Waals surface area contributed by atoms with Crippen LogP contribution in [0.5, 0.6) is 0 Å². The number of amides is 2. The van der Waals surface area contributed by atoms with Crippen molar-refractivity contribution >= 4 is 17.6 Å². The van der Waals surface area contributed by atoms with E-state index in [2.05, 4.69) is 0 Å². The van der Waals surface area contributed by atoms with Crippen LogP contribution in [0, 0.1) is 0 Å². The van der Waals surface area contributed by atoms with E-state index >= 15 is 0 Å². The smallest absolute Gasteiger partial charge is 0.241 e. The van der Waals surface area contributed by atoms with E-state index < -0.39 is 68.1 Å². The maximum atomic E-state index is 13.4. The summed E-state index contributed by atoms with van der Waals surface area (Å²) in [6.45, 7) is 0.651. The van der Waals surface area contributed by atoms with Gasteiger partial charge in [-0.15, -0.1) is 0 Å². The predicted molar refractivity (Wildman–Crippen MR) is 64.0 cm³/mol. The number of allylic oxidation sites excluding steroid dienone is 1. The summed E-state index contributed by atoms with van der Waals surface area (Å²) in [5, 5.41) is 0. The number of hydrogen-bond acceptors (Lipinski definition) is 3. The third-order valence-corrected chi connectivity index (χ3v) is 1.94. The molecule has 0 aromatic rings. The zero-order valence-electron chi connectivity index (χ0n) is 19.5. The molecule has 0 fully saturated rings. The van der Waals surface area contributed by atoms with Gasteiger partial charge in [-0.25, -0.2) is 4.39 Å². The second-order valence-corrected chi connectivity index (χ2v) is 3.21. The second-order valence-electron chi connectivity index (χ2n) is 3.21. The van der Waals surface area contributed by atoms with Crippen molar-refractivity contribution in [3.63, 3.8) is 0 Å². The molecule has 4 nitrogen and oxygen atoms in total. The van der Waals surface area contributed by atoms with E-state index in [4.69, 9.17) is 13.7 Å². The standard InChI is InChI=1S/C13H18FNO3/c1-2-3-4-5-6-7-12(17)15-9-10(14)11(16)8-13(15)18/h9H,2-8H2,1H3/i2D2,3D2,4D2,5D2,6D2. The first-order valence-electron chi connectivity index (χ1n) is 9.96. The van der Waals surface area contributed by atoms with Gasteiger partial charge in [-0.3, -0.25) is 19.3 Å². The predicted octanol–water partition coefficient (Wildman–Crippen LogP) is 2.49. The summed E-state index contributed by atoms with van der Waals surface area (Å²) in [6, 6.07) is 0. The van der Waals surface area contributed by atoms with Crippen molar-refractivity contribution in [3.05, 3.63) is 12.0 Å². The highest BCUT2D eigenvalue weighted by atomic mass is 19.1. The average Bonchev–Trinajstić information content (AvgIpc) is 2.48. The van der Waals surface area contributed by atoms with Crippen molar-refractivity contribution in [3.8, 4) is 0 Å². The highest BCUT2D eigenvalue weighted by Gasteiger charge is 2.29. The van der Waals surface area contributed by atoms with Gasteiger partial charge in [-0.05, 0) is 6.37 Å². The molecule has 0 saturated heterocycles. The normalized spacial score (nSPS) is 28.1. The number of imide groups is 1. The highest BCUT2D eigenvalue weighted by molar-refractivity contribution is 6.13. The van der Waals surface area contributed by atoms with Crippen LogP contribution in [0.3, 0.4) is 0 Å². The molecular formula is C13H18FNO3. The lowest BCUT2D eigenvalue weighted by Gasteiger charge is -2.19. The summed E-state index contributed by atoms with van der Waals surface area (Å²) in [5.41, 5.74) is 0. The van der Waals surface area contributed by atoms with Gasteiger partial charge in [-0.2, -0.15) is 0 Å². The van der Waals surface area contributed by atoms with Crippen LogP contribution in [0.4, 0.5) is 4.39 Å². The highest BCUT2D eigenvalue weighted by Crippen LogP contribution is 2.16. The number of Topliss-reactive ketones (excluding diaryl/α,β-unsaturated/α-hetero) is 1. The molecule has 0 atom stereocenters. The van der Waals surface area contributed by atoms with Gasteiger partial charge < -0.3 is 0 Å². The van der Waals surface area contributed by atoms with Gasteiger partial charge in [0.05, 0.1) is 12.6 Å². The minimum absolute atomic E-state index is 0.0773. The number of hydrogen-bond donors (Lipinski definition) is 0. The zero-order valence-corrected chi connectivity index (χ0v) is 9.54. The van der Waals surface area contributed by atoms with E-state index in [9.17, 15) is 18.8 Å². The first-order chi connectivity index (χ1) is 12.2. The van der Waals surface area contributed by atoms with Crippen LogP contribution in [0.15, 0.2) is 12.0 Å². The molecule has 0 spiro atoms. The van der Waals surface area contributed by atoms with Gasteiger partial charge in [-0.1, -0.05) is 32.4 Å². The molecule has 100 valence electrons. The van der Waals surface area contributed by atoms with Crippen LogP contribution in [-0.4, -0.2) is 22.5 Å². The maximum Gasteiger partial charge on any atom is 0.241 e.